The number of furan rings is 1. The van der Waals surface area contributed by atoms with Crippen LogP contribution in [0.15, 0.2) is 58.2 Å². The van der Waals surface area contributed by atoms with Crippen LogP contribution >= 0.6 is 27.9 Å². The van der Waals surface area contributed by atoms with Crippen molar-refractivity contribution in [3.05, 3.63) is 60.1 Å². The lowest BCUT2D eigenvalue weighted by Crippen LogP contribution is -1.99. The standard InChI is InChI=1S/C12H11BrN2OS/c13-15-14-12(11-7-4-8-16-11)17-9-10-5-2-1-3-6-10/h1-8,15H,9H2. The molecule has 0 atom stereocenters. The van der Waals surface area contributed by atoms with Gasteiger partial charge in [0.1, 0.15) is 0 Å². The molecule has 0 amide bonds. The van der Waals surface area contributed by atoms with Crippen LogP contribution < -0.4 is 4.45 Å². The molecule has 5 heteroatoms. The second kappa shape index (κ2) is 6.51. The highest BCUT2D eigenvalue weighted by Gasteiger charge is 2.07. The zero-order valence-electron chi connectivity index (χ0n) is 8.97. The number of hydrogen-bond donors (Lipinski definition) is 1. The molecule has 0 aliphatic heterocycles. The molecule has 17 heavy (non-hydrogen) atoms. The van der Waals surface area contributed by atoms with Crippen LogP contribution in [0, 0.1) is 0 Å². The summed E-state index contributed by atoms with van der Waals surface area (Å²) in [5.74, 6) is 1.62. The Bertz CT molecular complexity index is 471. The molecule has 1 heterocycles. The molecule has 2 rings (SSSR count). The molecule has 0 aliphatic rings. The first-order chi connectivity index (χ1) is 8.40. The van der Waals surface area contributed by atoms with Crippen LogP contribution in [0.3, 0.4) is 0 Å². The van der Waals surface area contributed by atoms with E-state index in [4.69, 9.17) is 4.42 Å². The van der Waals surface area contributed by atoms with Crippen LogP contribution in [-0.2, 0) is 5.75 Å². The van der Waals surface area contributed by atoms with Gasteiger partial charge in [-0.3, -0.25) is 0 Å². The summed E-state index contributed by atoms with van der Waals surface area (Å²) in [6.07, 6.45) is 1.64. The molecule has 0 spiro atoms. The molecule has 88 valence electrons. The van der Waals surface area contributed by atoms with Gasteiger partial charge in [0.05, 0.1) is 22.4 Å². The van der Waals surface area contributed by atoms with Gasteiger partial charge >= 0.3 is 0 Å². The number of hydrogen-bond acceptors (Lipinski definition) is 4. The lowest BCUT2D eigenvalue weighted by molar-refractivity contribution is 0.559. The minimum atomic E-state index is 0.762. The molecule has 3 nitrogen and oxygen atoms in total. The van der Waals surface area contributed by atoms with Crippen molar-refractivity contribution in [2.75, 3.05) is 0 Å². The van der Waals surface area contributed by atoms with Crippen LogP contribution in [0.2, 0.25) is 0 Å². The summed E-state index contributed by atoms with van der Waals surface area (Å²) >= 11 is 4.69. The molecular weight excluding hydrogens is 300 g/mol. The Labute approximate surface area is 113 Å². The predicted octanol–water partition coefficient (Wildman–Crippen LogP) is 3.77. The van der Waals surface area contributed by atoms with Crippen molar-refractivity contribution in [1.29, 1.82) is 0 Å². The molecule has 1 N–H and O–H groups in total. The molecule has 1 aromatic heterocycles. The number of benzene rings is 1. The Hall–Kier alpha value is -1.20. The fourth-order valence-electron chi connectivity index (χ4n) is 1.32. The second-order valence-electron chi connectivity index (χ2n) is 3.25. The van der Waals surface area contributed by atoms with Gasteiger partial charge in [0.15, 0.2) is 10.8 Å². The fourth-order valence-corrected chi connectivity index (χ4v) is 2.48. The van der Waals surface area contributed by atoms with Crippen molar-refractivity contribution < 1.29 is 4.42 Å². The number of rotatable bonds is 4. The Morgan fingerprint density at radius 1 is 1.24 bits per heavy atom. The Morgan fingerprint density at radius 2 is 2.06 bits per heavy atom. The molecule has 0 saturated heterocycles. The zero-order chi connectivity index (χ0) is 11.9. The predicted molar refractivity (Wildman–Crippen MR) is 75.0 cm³/mol. The van der Waals surface area contributed by atoms with Crippen molar-refractivity contribution in [3.8, 4) is 0 Å². The van der Waals surface area contributed by atoms with Gasteiger partial charge in [0, 0.05) is 5.75 Å². The monoisotopic (exact) mass is 310 g/mol. The largest absolute Gasteiger partial charge is 0.462 e. The number of thioether (sulfide) groups is 1. The van der Waals surface area contributed by atoms with Gasteiger partial charge < -0.3 is 4.42 Å². The van der Waals surface area contributed by atoms with Gasteiger partial charge in [-0.1, -0.05) is 42.1 Å². The van der Waals surface area contributed by atoms with Crippen molar-refractivity contribution in [2.24, 2.45) is 5.10 Å². The molecule has 0 aliphatic carbocycles. The fraction of sp³-hybridized carbons (Fsp3) is 0.0833. The minimum Gasteiger partial charge on any atom is -0.462 e. The van der Waals surface area contributed by atoms with E-state index >= 15 is 0 Å². The van der Waals surface area contributed by atoms with Gasteiger partial charge in [0.25, 0.3) is 0 Å². The van der Waals surface area contributed by atoms with Gasteiger partial charge in [-0.05, 0) is 17.7 Å². The molecule has 0 saturated carbocycles. The van der Waals surface area contributed by atoms with E-state index in [1.807, 2.05) is 30.3 Å². The lowest BCUT2D eigenvalue weighted by Gasteiger charge is -2.02. The summed E-state index contributed by atoms with van der Waals surface area (Å²) in [4.78, 5) is 0. The third kappa shape index (κ3) is 3.64. The maximum Gasteiger partial charge on any atom is 0.160 e. The van der Waals surface area contributed by atoms with E-state index in [-0.39, 0.29) is 0 Å². The van der Waals surface area contributed by atoms with Crippen molar-refractivity contribution >= 4 is 33.0 Å². The smallest absolute Gasteiger partial charge is 0.160 e. The minimum absolute atomic E-state index is 0.762. The normalized spacial score (nSPS) is 11.5. The third-order valence-corrected chi connectivity index (χ3v) is 3.32. The zero-order valence-corrected chi connectivity index (χ0v) is 11.4. The van der Waals surface area contributed by atoms with Crippen molar-refractivity contribution in [3.63, 3.8) is 0 Å². The Morgan fingerprint density at radius 3 is 2.71 bits per heavy atom. The number of halogens is 1. The molecule has 0 fully saturated rings. The van der Waals surface area contributed by atoms with Crippen LogP contribution in [0.1, 0.15) is 11.3 Å². The summed E-state index contributed by atoms with van der Waals surface area (Å²) in [5, 5.41) is 4.95. The van der Waals surface area contributed by atoms with E-state index in [1.165, 1.54) is 5.56 Å². The summed E-state index contributed by atoms with van der Waals surface area (Å²) in [7, 11) is 0. The first kappa shape index (κ1) is 12.3. The summed E-state index contributed by atoms with van der Waals surface area (Å²) in [6, 6.07) is 14.0. The topological polar surface area (TPSA) is 37.5 Å². The van der Waals surface area contributed by atoms with Crippen LogP contribution in [0.4, 0.5) is 0 Å². The van der Waals surface area contributed by atoms with E-state index in [0.717, 1.165) is 16.6 Å². The second-order valence-corrected chi connectivity index (χ2v) is 4.57. The number of hydrazone groups is 1. The molecule has 0 bridgehead atoms. The third-order valence-electron chi connectivity index (χ3n) is 2.09. The van der Waals surface area contributed by atoms with Crippen LogP contribution in [0.5, 0.6) is 0 Å². The van der Waals surface area contributed by atoms with Gasteiger partial charge in [-0.2, -0.15) is 5.10 Å². The van der Waals surface area contributed by atoms with E-state index in [0.29, 0.717) is 0 Å². The van der Waals surface area contributed by atoms with E-state index < -0.39 is 0 Å². The van der Waals surface area contributed by atoms with E-state index in [1.54, 1.807) is 18.0 Å². The van der Waals surface area contributed by atoms with Crippen molar-refractivity contribution in [1.82, 2.24) is 4.45 Å². The SMILES string of the molecule is BrNN=C(SCc1ccccc1)c1ccco1. The quantitative estimate of drug-likeness (QED) is 0.404. The average Bonchev–Trinajstić information content (AvgIpc) is 2.89. The van der Waals surface area contributed by atoms with Crippen LogP contribution in [0.25, 0.3) is 0 Å². The summed E-state index contributed by atoms with van der Waals surface area (Å²) in [5.41, 5.74) is 1.26. The molecule has 0 unspecified atom stereocenters. The highest BCUT2D eigenvalue weighted by Crippen LogP contribution is 2.19. The lowest BCUT2D eigenvalue weighted by atomic mass is 10.2. The van der Waals surface area contributed by atoms with Gasteiger partial charge in [0.2, 0.25) is 0 Å². The maximum atomic E-state index is 5.32. The van der Waals surface area contributed by atoms with E-state index in [9.17, 15) is 0 Å². The van der Waals surface area contributed by atoms with Crippen LogP contribution in [-0.4, -0.2) is 5.04 Å². The first-order valence-corrected chi connectivity index (χ1v) is 6.82. The number of nitrogens with zero attached hydrogens (tertiary/aromatic N) is 1. The Balaban J connectivity index is 2.03. The summed E-state index contributed by atoms with van der Waals surface area (Å²) in [6.45, 7) is 0. The molecule has 1 aromatic carbocycles. The molecular formula is C12H11BrN2OS. The van der Waals surface area contributed by atoms with E-state index in [2.05, 4.69) is 37.8 Å². The number of nitrogens with one attached hydrogen (secondary N) is 1. The molecule has 2 aromatic rings. The average molecular weight is 311 g/mol. The maximum absolute atomic E-state index is 5.32. The summed E-state index contributed by atoms with van der Waals surface area (Å²) < 4.78 is 7.94. The van der Waals surface area contributed by atoms with Gasteiger partial charge in [-0.15, -0.1) is 0 Å². The highest BCUT2D eigenvalue weighted by molar-refractivity contribution is 9.08. The van der Waals surface area contributed by atoms with Gasteiger partial charge in [-0.25, -0.2) is 4.45 Å². The van der Waals surface area contributed by atoms with Crippen molar-refractivity contribution in [2.45, 2.75) is 5.75 Å². The molecule has 0 radical (unpaired) electrons. The first-order valence-electron chi connectivity index (χ1n) is 5.04. The highest BCUT2D eigenvalue weighted by atomic mass is 79.9. The Kier molecular flexibility index (Phi) is 4.70.